The molecule has 0 saturated heterocycles. The van der Waals surface area contributed by atoms with E-state index in [0.29, 0.717) is 11.6 Å². The molecule has 0 fully saturated rings. The van der Waals surface area contributed by atoms with Gasteiger partial charge in [0.25, 0.3) is 0 Å². The van der Waals surface area contributed by atoms with Gasteiger partial charge in [-0.25, -0.2) is 0 Å². The zero-order chi connectivity index (χ0) is 13.1. The topological polar surface area (TPSA) is 53.1 Å². The first-order valence-electron chi connectivity index (χ1n) is 5.72. The van der Waals surface area contributed by atoms with Gasteiger partial charge in [-0.15, -0.1) is 0 Å². The highest BCUT2D eigenvalue weighted by Crippen LogP contribution is 2.32. The first-order chi connectivity index (χ1) is 8.65. The Kier molecular flexibility index (Phi) is 3.89. The molecule has 1 aromatic heterocycles. The number of aryl methyl sites for hydroxylation is 1. The summed E-state index contributed by atoms with van der Waals surface area (Å²) in [6, 6.07) is 5.63. The van der Waals surface area contributed by atoms with Gasteiger partial charge >= 0.3 is 0 Å². The zero-order valence-corrected chi connectivity index (χ0v) is 11.2. The van der Waals surface area contributed by atoms with Gasteiger partial charge in [0.2, 0.25) is 0 Å². The molecule has 2 rings (SSSR count). The van der Waals surface area contributed by atoms with Gasteiger partial charge in [0.05, 0.1) is 17.8 Å². The standard InChI is InChI=1S/C13H16ClN3O/c1-17-8-11(13(16-17)5-6-15)10-4-3-9(18-2)7-12(10)14/h3-4,7-8H,5-6,15H2,1-2H3. The van der Waals surface area contributed by atoms with Crippen molar-refractivity contribution >= 4 is 11.6 Å². The quantitative estimate of drug-likeness (QED) is 0.923. The number of nitrogens with zero attached hydrogens (tertiary/aromatic N) is 2. The van der Waals surface area contributed by atoms with Crippen LogP contribution < -0.4 is 10.5 Å². The average Bonchev–Trinajstić information content (AvgIpc) is 2.70. The van der Waals surface area contributed by atoms with E-state index >= 15 is 0 Å². The third-order valence-corrected chi connectivity index (χ3v) is 3.07. The van der Waals surface area contributed by atoms with Crippen molar-refractivity contribution in [1.82, 2.24) is 9.78 Å². The van der Waals surface area contributed by atoms with Gasteiger partial charge in [0.15, 0.2) is 0 Å². The van der Waals surface area contributed by atoms with E-state index in [1.54, 1.807) is 17.9 Å². The average molecular weight is 266 g/mol. The maximum absolute atomic E-state index is 6.28. The lowest BCUT2D eigenvalue weighted by Crippen LogP contribution is -2.04. The van der Waals surface area contributed by atoms with Crippen LogP contribution in [0.4, 0.5) is 0 Å². The third-order valence-electron chi connectivity index (χ3n) is 2.75. The number of hydrogen-bond acceptors (Lipinski definition) is 3. The number of halogens is 1. The number of ether oxygens (including phenoxy) is 1. The fourth-order valence-corrected chi connectivity index (χ4v) is 2.19. The van der Waals surface area contributed by atoms with Gasteiger partial charge in [0.1, 0.15) is 5.75 Å². The predicted octanol–water partition coefficient (Wildman–Crippen LogP) is 2.25. The number of aromatic nitrogens is 2. The Morgan fingerprint density at radius 3 is 2.78 bits per heavy atom. The lowest BCUT2D eigenvalue weighted by molar-refractivity contribution is 0.415. The van der Waals surface area contributed by atoms with Gasteiger partial charge in [-0.2, -0.15) is 5.10 Å². The van der Waals surface area contributed by atoms with E-state index in [0.717, 1.165) is 29.0 Å². The second-order valence-corrected chi connectivity index (χ2v) is 4.45. The molecule has 2 N–H and O–H groups in total. The van der Waals surface area contributed by atoms with E-state index in [1.807, 2.05) is 25.4 Å². The Bertz CT molecular complexity index is 551. The van der Waals surface area contributed by atoms with Crippen molar-refractivity contribution in [3.05, 3.63) is 35.1 Å². The van der Waals surface area contributed by atoms with Crippen LogP contribution in [0.3, 0.4) is 0 Å². The van der Waals surface area contributed by atoms with Gasteiger partial charge in [-0.1, -0.05) is 11.6 Å². The molecule has 0 radical (unpaired) electrons. The summed E-state index contributed by atoms with van der Waals surface area (Å²) in [5, 5.41) is 5.06. The van der Waals surface area contributed by atoms with E-state index in [1.165, 1.54) is 0 Å². The molecule has 18 heavy (non-hydrogen) atoms. The molecule has 1 aromatic carbocycles. The van der Waals surface area contributed by atoms with Crippen LogP contribution in [0.25, 0.3) is 11.1 Å². The van der Waals surface area contributed by atoms with E-state index in [-0.39, 0.29) is 0 Å². The number of benzene rings is 1. The van der Waals surface area contributed by atoms with Crippen LogP contribution >= 0.6 is 11.6 Å². The normalized spacial score (nSPS) is 10.7. The van der Waals surface area contributed by atoms with Crippen molar-refractivity contribution in [2.75, 3.05) is 13.7 Å². The van der Waals surface area contributed by atoms with Crippen LogP contribution in [0.2, 0.25) is 5.02 Å². The van der Waals surface area contributed by atoms with Crippen molar-refractivity contribution < 1.29 is 4.74 Å². The molecule has 0 spiro atoms. The molecule has 0 bridgehead atoms. The Morgan fingerprint density at radius 2 is 2.17 bits per heavy atom. The molecule has 0 saturated carbocycles. The summed E-state index contributed by atoms with van der Waals surface area (Å²) in [4.78, 5) is 0. The van der Waals surface area contributed by atoms with Crippen molar-refractivity contribution in [1.29, 1.82) is 0 Å². The number of hydrogen-bond donors (Lipinski definition) is 1. The maximum atomic E-state index is 6.28. The molecular weight excluding hydrogens is 250 g/mol. The summed E-state index contributed by atoms with van der Waals surface area (Å²) >= 11 is 6.28. The monoisotopic (exact) mass is 265 g/mol. The van der Waals surface area contributed by atoms with Gasteiger partial charge < -0.3 is 10.5 Å². The maximum Gasteiger partial charge on any atom is 0.120 e. The Morgan fingerprint density at radius 1 is 1.39 bits per heavy atom. The van der Waals surface area contributed by atoms with Crippen LogP contribution in [-0.4, -0.2) is 23.4 Å². The Labute approximate surface area is 111 Å². The van der Waals surface area contributed by atoms with Crippen LogP contribution in [0.5, 0.6) is 5.75 Å². The van der Waals surface area contributed by atoms with Crippen molar-refractivity contribution in [2.24, 2.45) is 12.8 Å². The molecule has 0 aliphatic heterocycles. The van der Waals surface area contributed by atoms with Crippen molar-refractivity contribution in [2.45, 2.75) is 6.42 Å². The van der Waals surface area contributed by atoms with E-state index in [9.17, 15) is 0 Å². The van der Waals surface area contributed by atoms with E-state index < -0.39 is 0 Å². The predicted molar refractivity (Wildman–Crippen MR) is 73.0 cm³/mol. The summed E-state index contributed by atoms with van der Waals surface area (Å²) in [6.07, 6.45) is 2.69. The lowest BCUT2D eigenvalue weighted by Gasteiger charge is -2.06. The summed E-state index contributed by atoms with van der Waals surface area (Å²) in [7, 11) is 3.51. The van der Waals surface area contributed by atoms with Crippen LogP contribution in [0.15, 0.2) is 24.4 Å². The van der Waals surface area contributed by atoms with Gasteiger partial charge in [-0.05, 0) is 24.7 Å². The van der Waals surface area contributed by atoms with E-state index in [2.05, 4.69) is 5.10 Å². The molecule has 0 aliphatic rings. The molecular formula is C13H16ClN3O. The highest BCUT2D eigenvalue weighted by Gasteiger charge is 2.12. The Hall–Kier alpha value is -1.52. The second kappa shape index (κ2) is 5.42. The molecule has 0 unspecified atom stereocenters. The van der Waals surface area contributed by atoms with Gasteiger partial charge in [-0.3, -0.25) is 4.68 Å². The smallest absolute Gasteiger partial charge is 0.120 e. The summed E-state index contributed by atoms with van der Waals surface area (Å²) in [6.45, 7) is 0.567. The summed E-state index contributed by atoms with van der Waals surface area (Å²) < 4.78 is 6.92. The van der Waals surface area contributed by atoms with Crippen LogP contribution in [0, 0.1) is 0 Å². The number of rotatable bonds is 4. The molecule has 1 heterocycles. The largest absolute Gasteiger partial charge is 0.497 e. The summed E-state index contributed by atoms with van der Waals surface area (Å²) in [5.41, 5.74) is 8.54. The van der Waals surface area contributed by atoms with E-state index in [4.69, 9.17) is 22.1 Å². The molecule has 0 atom stereocenters. The number of methoxy groups -OCH3 is 1. The first-order valence-corrected chi connectivity index (χ1v) is 6.10. The van der Waals surface area contributed by atoms with Gasteiger partial charge in [0, 0.05) is 30.8 Å². The fourth-order valence-electron chi connectivity index (χ4n) is 1.92. The SMILES string of the molecule is COc1ccc(-c2cn(C)nc2CCN)c(Cl)c1. The molecule has 0 aliphatic carbocycles. The van der Waals surface area contributed by atoms with Crippen molar-refractivity contribution in [3.8, 4) is 16.9 Å². The van der Waals surface area contributed by atoms with Crippen LogP contribution in [0.1, 0.15) is 5.69 Å². The number of nitrogens with two attached hydrogens (primary N) is 1. The molecule has 5 heteroatoms. The third kappa shape index (κ3) is 2.49. The fraction of sp³-hybridized carbons (Fsp3) is 0.308. The second-order valence-electron chi connectivity index (χ2n) is 4.05. The van der Waals surface area contributed by atoms with Crippen molar-refractivity contribution in [3.63, 3.8) is 0 Å². The minimum Gasteiger partial charge on any atom is -0.497 e. The highest BCUT2D eigenvalue weighted by atomic mass is 35.5. The molecule has 4 nitrogen and oxygen atoms in total. The lowest BCUT2D eigenvalue weighted by atomic mass is 10.0. The highest BCUT2D eigenvalue weighted by molar-refractivity contribution is 6.33. The molecule has 96 valence electrons. The Balaban J connectivity index is 2.47. The molecule has 0 amide bonds. The first kappa shape index (κ1) is 12.9. The summed E-state index contributed by atoms with van der Waals surface area (Å²) in [5.74, 6) is 0.744. The minimum atomic E-state index is 0.567. The zero-order valence-electron chi connectivity index (χ0n) is 10.5. The molecule has 2 aromatic rings. The van der Waals surface area contributed by atoms with Crippen LogP contribution in [-0.2, 0) is 13.5 Å². The minimum absolute atomic E-state index is 0.567.